The highest BCUT2D eigenvalue weighted by Gasteiger charge is 2.41. The molecule has 0 spiro atoms. The smallest absolute Gasteiger partial charge is 0.246 e. The second kappa shape index (κ2) is 25.0. The van der Waals surface area contributed by atoms with E-state index in [0.717, 1.165) is 32.8 Å². The van der Waals surface area contributed by atoms with E-state index in [2.05, 4.69) is 37.4 Å². The number of allylic oxidation sites excluding steroid dienone is 1. The van der Waals surface area contributed by atoms with Crippen molar-refractivity contribution < 1.29 is 33.6 Å². The summed E-state index contributed by atoms with van der Waals surface area (Å²) in [6.07, 6.45) is 12.0. The van der Waals surface area contributed by atoms with E-state index in [0.29, 0.717) is 12.0 Å². The molecule has 7 atom stereocenters. The van der Waals surface area contributed by atoms with Crippen LogP contribution >= 0.6 is 0 Å². The lowest BCUT2D eigenvalue weighted by Crippen LogP contribution is -2.61. The topological polar surface area (TPSA) is 195 Å². The molecule has 2 aromatic heterocycles. The summed E-state index contributed by atoms with van der Waals surface area (Å²) >= 11 is 0. The highest BCUT2D eigenvalue weighted by molar-refractivity contribution is 5.99. The van der Waals surface area contributed by atoms with Crippen LogP contribution < -0.4 is 21.3 Å². The van der Waals surface area contributed by atoms with Crippen LogP contribution in [0, 0.1) is 11.8 Å². The molecule has 1 fully saturated rings. The van der Waals surface area contributed by atoms with E-state index >= 15 is 24.0 Å². The van der Waals surface area contributed by atoms with Crippen LogP contribution in [0.15, 0.2) is 122 Å². The predicted octanol–water partition coefficient (Wildman–Crippen LogP) is 6.40. The summed E-state index contributed by atoms with van der Waals surface area (Å²) < 4.78 is 2.08. The Morgan fingerprint density at radius 3 is 1.97 bits per heavy atom. The molecule has 16 nitrogen and oxygen atoms in total. The summed E-state index contributed by atoms with van der Waals surface area (Å²) in [5.74, 6) is -4.30. The molecule has 5 aromatic rings. The van der Waals surface area contributed by atoms with Crippen LogP contribution in [0.25, 0.3) is 21.7 Å². The van der Waals surface area contributed by atoms with E-state index in [1.807, 2.05) is 145 Å². The lowest BCUT2D eigenvalue weighted by atomic mass is 9.97. The maximum Gasteiger partial charge on any atom is 0.246 e. The zero-order valence-corrected chi connectivity index (χ0v) is 46.1. The minimum absolute atomic E-state index is 0.00782. The van der Waals surface area contributed by atoms with Crippen LogP contribution in [0.4, 0.5) is 0 Å². The summed E-state index contributed by atoms with van der Waals surface area (Å²) in [4.78, 5) is 114. The SMILES string of the molecule is C=CC(C)(C)n1cc(C[C@@H]2NC(=O)[C@H](Cc3ccccc3)NC(=O)[C@H](CC(C)C)N3CC/C=C\C[C@@H](C3=O)N(C)C(=O)[C@H](C)NC(=O)[C@H](Cc3ccc4ccncc4c3)NC(=O)[C@H](CC(C)C)N(C)C2=O)c2ccccc21. The highest BCUT2D eigenvalue weighted by atomic mass is 16.2. The van der Waals surface area contributed by atoms with Gasteiger partial charge in [-0.2, -0.15) is 0 Å². The van der Waals surface area contributed by atoms with E-state index in [1.165, 1.54) is 35.7 Å². The highest BCUT2D eigenvalue weighted by Crippen LogP contribution is 2.30. The largest absolute Gasteiger partial charge is 0.343 e. The fraction of sp³-hybridized carbons (Fsp3) is 0.443. The molecule has 0 radical (unpaired) electrons. The number of pyridine rings is 1. The number of aromatic nitrogens is 2. The fourth-order valence-corrected chi connectivity index (χ4v) is 10.5. The quantitative estimate of drug-likeness (QED) is 0.103. The van der Waals surface area contributed by atoms with Crippen LogP contribution in [0.1, 0.15) is 90.8 Å². The zero-order valence-electron chi connectivity index (χ0n) is 46.1. The first-order chi connectivity index (χ1) is 36.7. The molecule has 2 bridgehead atoms. The Kier molecular flexibility index (Phi) is 18.6. The lowest BCUT2D eigenvalue weighted by molar-refractivity contribution is -0.150. The Morgan fingerprint density at radius 1 is 0.662 bits per heavy atom. The Labute approximate surface area is 453 Å². The Hall–Kier alpha value is -7.62. The third kappa shape index (κ3) is 13.7. The minimum Gasteiger partial charge on any atom is -0.343 e. The molecule has 2 aliphatic heterocycles. The molecule has 4 N–H and O–H groups in total. The molecule has 77 heavy (non-hydrogen) atoms. The molecule has 4 heterocycles. The maximum atomic E-state index is 15.6. The van der Waals surface area contributed by atoms with Gasteiger partial charge in [-0.3, -0.25) is 38.5 Å². The molecule has 3 aromatic carbocycles. The number of benzene rings is 3. The number of para-hydroxylation sites is 1. The molecule has 0 saturated carbocycles. The van der Waals surface area contributed by atoms with E-state index < -0.39 is 89.2 Å². The molecular formula is C61H77N9O7. The van der Waals surface area contributed by atoms with Gasteiger partial charge in [-0.05, 0) is 98.6 Å². The van der Waals surface area contributed by atoms with Gasteiger partial charge in [0.2, 0.25) is 41.4 Å². The van der Waals surface area contributed by atoms with Crippen molar-refractivity contribution in [2.24, 2.45) is 11.8 Å². The molecule has 1 saturated heterocycles. The van der Waals surface area contributed by atoms with Crippen molar-refractivity contribution in [2.75, 3.05) is 20.6 Å². The third-order valence-corrected chi connectivity index (χ3v) is 15.0. The van der Waals surface area contributed by atoms with Gasteiger partial charge in [0.05, 0.1) is 5.54 Å². The molecule has 0 unspecified atom stereocenters. The molecule has 7 rings (SSSR count). The van der Waals surface area contributed by atoms with Gasteiger partial charge in [-0.1, -0.05) is 107 Å². The van der Waals surface area contributed by atoms with E-state index in [1.54, 1.807) is 12.4 Å². The summed E-state index contributed by atoms with van der Waals surface area (Å²) in [6.45, 7) is 17.6. The molecule has 408 valence electrons. The van der Waals surface area contributed by atoms with Crippen LogP contribution in [-0.2, 0) is 58.4 Å². The van der Waals surface area contributed by atoms with Gasteiger partial charge in [0.1, 0.15) is 42.3 Å². The summed E-state index contributed by atoms with van der Waals surface area (Å²) in [7, 11) is 3.04. The molecular weight excluding hydrogens is 971 g/mol. The Balaban J connectivity index is 1.38. The van der Waals surface area contributed by atoms with Gasteiger partial charge in [0, 0.05) is 74.8 Å². The maximum absolute atomic E-state index is 15.6. The van der Waals surface area contributed by atoms with E-state index in [9.17, 15) is 9.59 Å². The van der Waals surface area contributed by atoms with Crippen LogP contribution in [-0.4, -0.2) is 129 Å². The second-order valence-electron chi connectivity index (χ2n) is 22.2. The Bertz CT molecular complexity index is 3000. The van der Waals surface area contributed by atoms with Crippen molar-refractivity contribution in [1.29, 1.82) is 0 Å². The number of nitrogens with one attached hydrogen (secondary N) is 4. The normalized spacial score (nSPS) is 23.5. The van der Waals surface area contributed by atoms with Crippen molar-refractivity contribution in [3.8, 4) is 0 Å². The summed E-state index contributed by atoms with van der Waals surface area (Å²) in [5.41, 5.74) is 2.52. The number of amides is 7. The van der Waals surface area contributed by atoms with Crippen molar-refractivity contribution in [2.45, 2.75) is 141 Å². The number of carbonyl (C=O) groups excluding carboxylic acids is 7. The monoisotopic (exact) mass is 1050 g/mol. The fourth-order valence-electron chi connectivity index (χ4n) is 10.5. The molecule has 7 amide bonds. The number of fused-ring (bicyclic) bond motifs is 4. The molecule has 0 aliphatic carbocycles. The zero-order chi connectivity index (χ0) is 55.7. The summed E-state index contributed by atoms with van der Waals surface area (Å²) in [6, 6.07) is 16.4. The van der Waals surface area contributed by atoms with Gasteiger partial charge in [0.15, 0.2) is 0 Å². The minimum atomic E-state index is -1.28. The van der Waals surface area contributed by atoms with Gasteiger partial charge in [-0.15, -0.1) is 6.58 Å². The van der Waals surface area contributed by atoms with Gasteiger partial charge >= 0.3 is 0 Å². The van der Waals surface area contributed by atoms with Crippen LogP contribution in [0.2, 0.25) is 0 Å². The first kappa shape index (κ1) is 57.1. The van der Waals surface area contributed by atoms with Gasteiger partial charge < -0.3 is 40.5 Å². The number of likely N-dealkylation sites (N-methyl/N-ethyl adjacent to an activating group) is 2. The van der Waals surface area contributed by atoms with Crippen molar-refractivity contribution in [3.63, 3.8) is 0 Å². The molecule has 16 heteroatoms. The van der Waals surface area contributed by atoms with Crippen molar-refractivity contribution >= 4 is 63.0 Å². The van der Waals surface area contributed by atoms with Crippen molar-refractivity contribution in [3.05, 3.63) is 139 Å². The standard InChI is InChI=1S/C61H77N9O7/c1-11-61(7,8)70-37-45(46-22-17-18-23-50(46)70)35-49-59(76)68(10)52(30-38(2)3)56(73)64-48(34-42-25-26-43-27-28-62-36-44(43)32-42)54(71)63-40(6)58(75)67(9)51-24-16-13-19-29-69(60(51)77)53(31-39(4)5)57(74)65-47(55(72)66-49)33-41-20-14-12-15-21-41/h11-18,20-23,25-28,32,36-40,47-49,51-53H,1,19,24,29-31,33-35H2,2-10H3,(H,63,71)(H,64,73)(H,65,74)(H,66,72)/b16-13-/t40-,47-,48-,49-,51-,52-,53-/m0/s1. The first-order valence-electron chi connectivity index (χ1n) is 27.0. The third-order valence-electron chi connectivity index (χ3n) is 15.0. The van der Waals surface area contributed by atoms with Gasteiger partial charge in [-0.25, -0.2) is 0 Å². The lowest BCUT2D eigenvalue weighted by Gasteiger charge is -2.38. The van der Waals surface area contributed by atoms with E-state index in [-0.39, 0.29) is 56.9 Å². The van der Waals surface area contributed by atoms with Crippen LogP contribution in [0.3, 0.4) is 0 Å². The van der Waals surface area contributed by atoms with E-state index in [4.69, 9.17) is 0 Å². The average molecular weight is 1050 g/mol. The summed E-state index contributed by atoms with van der Waals surface area (Å²) in [5, 5.41) is 14.6. The van der Waals surface area contributed by atoms with Crippen LogP contribution in [0.5, 0.6) is 0 Å². The second-order valence-corrected chi connectivity index (χ2v) is 22.2. The van der Waals surface area contributed by atoms with Crippen molar-refractivity contribution in [1.82, 2.24) is 45.5 Å². The average Bonchev–Trinajstić information content (AvgIpc) is 3.84. The number of nitrogens with zero attached hydrogens (tertiary/aromatic N) is 5. The first-order valence-corrected chi connectivity index (χ1v) is 27.0. The Morgan fingerprint density at radius 2 is 1.29 bits per heavy atom. The number of hydrogen-bond donors (Lipinski definition) is 4. The molecule has 2 aliphatic rings. The number of rotatable bonds is 12. The number of hydrogen-bond acceptors (Lipinski definition) is 8. The van der Waals surface area contributed by atoms with Gasteiger partial charge in [0.25, 0.3) is 0 Å². The predicted molar refractivity (Wildman–Crippen MR) is 300 cm³/mol. The number of carbonyl (C=O) groups is 7.